The van der Waals surface area contributed by atoms with E-state index in [1.54, 1.807) is 18.2 Å². The van der Waals surface area contributed by atoms with Crippen LogP contribution in [0.2, 0.25) is 10.0 Å². The molecule has 8 heteroatoms. The normalized spacial score (nSPS) is 11.1. The van der Waals surface area contributed by atoms with Gasteiger partial charge in [-0.15, -0.1) is 4.83 Å². The first-order chi connectivity index (χ1) is 9.90. The van der Waals surface area contributed by atoms with Crippen molar-refractivity contribution in [3.05, 3.63) is 64.1 Å². The fourth-order valence-electron chi connectivity index (χ4n) is 1.53. The summed E-state index contributed by atoms with van der Waals surface area (Å²) >= 11 is 11.6. The van der Waals surface area contributed by atoms with Gasteiger partial charge in [-0.05, 0) is 30.3 Å². The highest BCUT2D eigenvalue weighted by Crippen LogP contribution is 2.19. The molecule has 0 aliphatic rings. The van der Waals surface area contributed by atoms with Gasteiger partial charge in [0.25, 0.3) is 15.9 Å². The zero-order valence-electron chi connectivity index (χ0n) is 10.5. The largest absolute Gasteiger partial charge is 0.273 e. The average Bonchev–Trinajstić information content (AvgIpc) is 2.45. The topological polar surface area (TPSA) is 75.3 Å². The number of hydrogen-bond acceptors (Lipinski definition) is 3. The van der Waals surface area contributed by atoms with Crippen LogP contribution < -0.4 is 10.3 Å². The van der Waals surface area contributed by atoms with Crippen LogP contribution in [0.5, 0.6) is 0 Å². The molecule has 0 aliphatic carbocycles. The SMILES string of the molecule is O=C(NNS(=O)(=O)c1ccccc1Cl)c1cccc(Cl)c1. The lowest BCUT2D eigenvalue weighted by Crippen LogP contribution is -2.41. The molecule has 5 nitrogen and oxygen atoms in total. The van der Waals surface area contributed by atoms with E-state index in [0.29, 0.717) is 5.02 Å². The second kappa shape index (κ2) is 6.44. The summed E-state index contributed by atoms with van der Waals surface area (Å²) in [5.74, 6) is -0.631. The number of nitrogens with one attached hydrogen (secondary N) is 2. The van der Waals surface area contributed by atoms with Crippen molar-refractivity contribution in [1.29, 1.82) is 0 Å². The third kappa shape index (κ3) is 3.95. The third-order valence-corrected chi connectivity index (χ3v) is 4.49. The molecule has 2 aromatic carbocycles. The predicted molar refractivity (Wildman–Crippen MR) is 80.7 cm³/mol. The van der Waals surface area contributed by atoms with Gasteiger partial charge in [0.1, 0.15) is 4.90 Å². The van der Waals surface area contributed by atoms with Gasteiger partial charge in [-0.3, -0.25) is 10.2 Å². The molecule has 0 saturated carbocycles. The molecule has 0 fully saturated rings. The number of amides is 1. The Labute approximate surface area is 131 Å². The number of hydrogen-bond donors (Lipinski definition) is 2. The molecule has 2 aromatic rings. The number of carbonyl (C=O) groups excluding carboxylic acids is 1. The van der Waals surface area contributed by atoms with Crippen LogP contribution in [0.4, 0.5) is 0 Å². The van der Waals surface area contributed by atoms with Crippen molar-refractivity contribution in [1.82, 2.24) is 10.3 Å². The molecule has 21 heavy (non-hydrogen) atoms. The van der Waals surface area contributed by atoms with Gasteiger partial charge in [-0.25, -0.2) is 8.42 Å². The molecule has 0 unspecified atom stereocenters. The molecular formula is C13H10Cl2N2O3S. The summed E-state index contributed by atoms with van der Waals surface area (Å²) in [5.41, 5.74) is 2.32. The molecule has 1 amide bonds. The van der Waals surface area contributed by atoms with Crippen molar-refractivity contribution < 1.29 is 13.2 Å². The second-order valence-corrected chi connectivity index (χ2v) is 6.49. The highest BCUT2D eigenvalue weighted by molar-refractivity contribution is 7.89. The predicted octanol–water partition coefficient (Wildman–Crippen LogP) is 2.62. The molecule has 0 saturated heterocycles. The lowest BCUT2D eigenvalue weighted by molar-refractivity contribution is 0.0945. The zero-order valence-corrected chi connectivity index (χ0v) is 12.8. The Kier molecular flexibility index (Phi) is 4.84. The Hall–Kier alpha value is -1.60. The molecular weight excluding hydrogens is 335 g/mol. The first-order valence-corrected chi connectivity index (χ1v) is 7.96. The average molecular weight is 345 g/mol. The number of rotatable bonds is 4. The lowest BCUT2D eigenvalue weighted by atomic mass is 10.2. The molecule has 0 heterocycles. The minimum atomic E-state index is -3.95. The summed E-state index contributed by atoms with van der Waals surface area (Å²) in [6.45, 7) is 0. The van der Waals surface area contributed by atoms with Gasteiger partial charge < -0.3 is 0 Å². The van der Waals surface area contributed by atoms with E-state index in [1.165, 1.54) is 30.3 Å². The number of benzene rings is 2. The standard InChI is InChI=1S/C13H10Cl2N2O3S/c14-10-5-3-4-9(8-10)13(18)16-17-21(19,20)12-7-2-1-6-11(12)15/h1-8,17H,(H,16,18). The maximum Gasteiger partial charge on any atom is 0.266 e. The van der Waals surface area contributed by atoms with E-state index in [1.807, 2.05) is 4.83 Å². The van der Waals surface area contributed by atoms with Crippen molar-refractivity contribution in [2.45, 2.75) is 4.90 Å². The second-order valence-electron chi connectivity index (χ2n) is 4.00. The monoisotopic (exact) mass is 344 g/mol. The van der Waals surface area contributed by atoms with Gasteiger partial charge in [0.15, 0.2) is 0 Å². The summed E-state index contributed by atoms with van der Waals surface area (Å²) in [4.78, 5) is 13.7. The van der Waals surface area contributed by atoms with Gasteiger partial charge in [-0.2, -0.15) is 0 Å². The first kappa shape index (κ1) is 15.8. The van der Waals surface area contributed by atoms with E-state index in [0.717, 1.165) is 0 Å². The third-order valence-electron chi connectivity index (χ3n) is 2.51. The molecule has 0 aromatic heterocycles. The highest BCUT2D eigenvalue weighted by atomic mass is 35.5. The van der Waals surface area contributed by atoms with Crippen LogP contribution in [0, 0.1) is 0 Å². The van der Waals surface area contributed by atoms with E-state index < -0.39 is 15.9 Å². The minimum Gasteiger partial charge on any atom is -0.273 e. The van der Waals surface area contributed by atoms with E-state index in [2.05, 4.69) is 5.43 Å². The van der Waals surface area contributed by atoms with Gasteiger partial charge in [-0.1, -0.05) is 41.4 Å². The van der Waals surface area contributed by atoms with Crippen LogP contribution in [-0.4, -0.2) is 14.3 Å². The van der Waals surface area contributed by atoms with Crippen LogP contribution in [-0.2, 0) is 10.0 Å². The summed E-state index contributed by atoms with van der Waals surface area (Å²) in [5, 5.41) is 0.429. The molecule has 2 N–H and O–H groups in total. The maximum absolute atomic E-state index is 12.0. The Morgan fingerprint density at radius 1 is 1.00 bits per heavy atom. The molecule has 2 rings (SSSR count). The van der Waals surface area contributed by atoms with Crippen LogP contribution in [0.3, 0.4) is 0 Å². The highest BCUT2D eigenvalue weighted by Gasteiger charge is 2.18. The number of sulfonamides is 1. The van der Waals surface area contributed by atoms with Crippen molar-refractivity contribution in [2.24, 2.45) is 0 Å². The molecule has 0 aliphatic heterocycles. The van der Waals surface area contributed by atoms with E-state index in [9.17, 15) is 13.2 Å². The van der Waals surface area contributed by atoms with Crippen LogP contribution in [0.1, 0.15) is 10.4 Å². The van der Waals surface area contributed by atoms with Crippen LogP contribution >= 0.6 is 23.2 Å². The van der Waals surface area contributed by atoms with Gasteiger partial charge in [0.05, 0.1) is 5.02 Å². The minimum absolute atomic E-state index is 0.0574. The fourth-order valence-corrected chi connectivity index (χ4v) is 3.08. The summed E-state index contributed by atoms with van der Waals surface area (Å²) < 4.78 is 24.0. The van der Waals surface area contributed by atoms with Crippen LogP contribution in [0.15, 0.2) is 53.4 Å². The summed E-state index contributed by atoms with van der Waals surface area (Å²) in [6.07, 6.45) is 0. The number of carbonyl (C=O) groups is 1. The Morgan fingerprint density at radius 3 is 2.38 bits per heavy atom. The Morgan fingerprint density at radius 2 is 1.71 bits per heavy atom. The quantitative estimate of drug-likeness (QED) is 0.837. The van der Waals surface area contributed by atoms with E-state index >= 15 is 0 Å². The van der Waals surface area contributed by atoms with E-state index in [-0.39, 0.29) is 15.5 Å². The van der Waals surface area contributed by atoms with Crippen molar-refractivity contribution in [3.63, 3.8) is 0 Å². The summed E-state index contributed by atoms with van der Waals surface area (Å²) in [6, 6.07) is 12.0. The maximum atomic E-state index is 12.0. The van der Waals surface area contributed by atoms with Crippen molar-refractivity contribution in [3.8, 4) is 0 Å². The van der Waals surface area contributed by atoms with Gasteiger partial charge in [0, 0.05) is 10.6 Å². The van der Waals surface area contributed by atoms with Gasteiger partial charge >= 0.3 is 0 Å². The molecule has 110 valence electrons. The molecule has 0 radical (unpaired) electrons. The zero-order chi connectivity index (χ0) is 15.5. The number of hydrazine groups is 1. The van der Waals surface area contributed by atoms with Crippen molar-refractivity contribution >= 4 is 39.1 Å². The lowest BCUT2D eigenvalue weighted by Gasteiger charge is -2.09. The van der Waals surface area contributed by atoms with E-state index in [4.69, 9.17) is 23.2 Å². The van der Waals surface area contributed by atoms with Crippen molar-refractivity contribution in [2.75, 3.05) is 0 Å². The fraction of sp³-hybridized carbons (Fsp3) is 0. The Balaban J connectivity index is 2.12. The number of halogens is 2. The first-order valence-electron chi connectivity index (χ1n) is 5.72. The van der Waals surface area contributed by atoms with Gasteiger partial charge in [0.2, 0.25) is 0 Å². The molecule has 0 bridgehead atoms. The Bertz CT molecular complexity index is 778. The summed E-state index contributed by atoms with van der Waals surface area (Å²) in [7, 11) is -3.95. The smallest absolute Gasteiger partial charge is 0.266 e. The molecule has 0 spiro atoms. The molecule has 0 atom stereocenters. The van der Waals surface area contributed by atoms with Crippen LogP contribution in [0.25, 0.3) is 0 Å².